The van der Waals surface area contributed by atoms with Crippen molar-refractivity contribution in [2.75, 3.05) is 0 Å². The highest BCUT2D eigenvalue weighted by atomic mass is 16.8. The van der Waals surface area contributed by atoms with E-state index in [0.29, 0.717) is 6.61 Å². The van der Waals surface area contributed by atoms with E-state index in [0.717, 1.165) is 11.3 Å². The van der Waals surface area contributed by atoms with Gasteiger partial charge in [-0.2, -0.15) is 0 Å². The number of ether oxygens (including phenoxy) is 4. The summed E-state index contributed by atoms with van der Waals surface area (Å²) in [5, 5.41) is 0. The molecule has 2 fully saturated rings. The van der Waals surface area contributed by atoms with Gasteiger partial charge in [0, 0.05) is 0 Å². The van der Waals surface area contributed by atoms with Crippen molar-refractivity contribution >= 4 is 0 Å². The lowest BCUT2D eigenvalue weighted by molar-refractivity contribution is -0.222. The monoisotopic (exact) mass is 316 g/mol. The Balaban J connectivity index is 1.54. The molecule has 0 aliphatic carbocycles. The zero-order chi connectivity index (χ0) is 15.9. The van der Waals surface area contributed by atoms with Crippen LogP contribution in [0.3, 0.4) is 0 Å². The van der Waals surface area contributed by atoms with Gasteiger partial charge in [-0.15, -0.1) is 0 Å². The van der Waals surface area contributed by atoms with E-state index in [2.05, 4.69) is 0 Å². The maximum absolute atomic E-state index is 6.14. The van der Waals surface area contributed by atoms with Gasteiger partial charge < -0.3 is 23.4 Å². The predicted molar refractivity (Wildman–Crippen MR) is 81.4 cm³/mol. The van der Waals surface area contributed by atoms with Crippen LogP contribution >= 0.6 is 0 Å². The van der Waals surface area contributed by atoms with E-state index in [1.807, 2.05) is 56.3 Å². The molecule has 0 N–H and O–H groups in total. The van der Waals surface area contributed by atoms with E-state index < -0.39 is 12.1 Å². The van der Waals surface area contributed by atoms with Crippen LogP contribution in [-0.4, -0.2) is 24.3 Å². The summed E-state index contributed by atoms with van der Waals surface area (Å²) < 4.78 is 29.4. The first-order valence-corrected chi connectivity index (χ1v) is 7.82. The Hall–Kier alpha value is -1.66. The number of rotatable bonds is 4. The molecule has 0 saturated carbocycles. The zero-order valence-electron chi connectivity index (χ0n) is 13.2. The van der Waals surface area contributed by atoms with Gasteiger partial charge in [0.1, 0.15) is 24.1 Å². The molecular weight excluding hydrogens is 296 g/mol. The second-order valence-electron chi connectivity index (χ2n) is 6.30. The van der Waals surface area contributed by atoms with Crippen LogP contribution in [0.4, 0.5) is 0 Å². The topological polar surface area (TPSA) is 50.1 Å². The van der Waals surface area contributed by atoms with Crippen LogP contribution < -0.4 is 0 Å². The Morgan fingerprint density at radius 3 is 2.61 bits per heavy atom. The minimum Gasteiger partial charge on any atom is -0.466 e. The van der Waals surface area contributed by atoms with Gasteiger partial charge in [0.05, 0.1) is 12.9 Å². The molecule has 1 aromatic heterocycles. The van der Waals surface area contributed by atoms with E-state index in [1.54, 1.807) is 6.26 Å². The normalized spacial score (nSPS) is 32.1. The van der Waals surface area contributed by atoms with Crippen LogP contribution in [0.2, 0.25) is 0 Å². The fraction of sp³-hybridized carbons (Fsp3) is 0.444. The fourth-order valence-corrected chi connectivity index (χ4v) is 3.11. The average Bonchev–Trinajstić information content (AvgIpc) is 3.21. The highest BCUT2D eigenvalue weighted by Gasteiger charge is 2.56. The van der Waals surface area contributed by atoms with Crippen molar-refractivity contribution in [1.29, 1.82) is 0 Å². The largest absolute Gasteiger partial charge is 0.466 e. The van der Waals surface area contributed by atoms with E-state index in [4.69, 9.17) is 23.4 Å². The molecule has 0 spiro atoms. The maximum Gasteiger partial charge on any atom is 0.190 e. The minimum atomic E-state index is -0.669. The van der Waals surface area contributed by atoms with Gasteiger partial charge in [0.2, 0.25) is 0 Å². The van der Waals surface area contributed by atoms with Gasteiger partial charge >= 0.3 is 0 Å². The predicted octanol–water partition coefficient (Wildman–Crippen LogP) is 3.41. The Kier molecular flexibility index (Phi) is 3.73. The minimum absolute atomic E-state index is 0.274. The van der Waals surface area contributed by atoms with Crippen LogP contribution in [0.25, 0.3) is 0 Å². The molecule has 2 aromatic rings. The third-order valence-corrected chi connectivity index (χ3v) is 4.10. The molecule has 2 saturated heterocycles. The van der Waals surface area contributed by atoms with Gasteiger partial charge in [-0.05, 0) is 31.5 Å². The molecule has 4 atom stereocenters. The number of fused-ring (bicyclic) bond motifs is 1. The third-order valence-electron chi connectivity index (χ3n) is 4.10. The molecule has 5 nitrogen and oxygen atoms in total. The Morgan fingerprint density at radius 1 is 1.04 bits per heavy atom. The number of benzene rings is 1. The van der Waals surface area contributed by atoms with Crippen molar-refractivity contribution in [3.05, 3.63) is 60.1 Å². The van der Waals surface area contributed by atoms with Crippen molar-refractivity contribution in [2.24, 2.45) is 0 Å². The smallest absolute Gasteiger partial charge is 0.190 e. The van der Waals surface area contributed by atoms with Crippen molar-refractivity contribution in [2.45, 2.75) is 50.8 Å². The summed E-state index contributed by atoms with van der Waals surface area (Å²) in [6.07, 6.45) is 0.296. The molecule has 1 aromatic carbocycles. The summed E-state index contributed by atoms with van der Waals surface area (Å²) in [6, 6.07) is 13.8. The fourth-order valence-electron chi connectivity index (χ4n) is 3.11. The third kappa shape index (κ3) is 2.93. The summed E-state index contributed by atoms with van der Waals surface area (Å²) in [6.45, 7) is 4.24. The molecule has 3 heterocycles. The van der Waals surface area contributed by atoms with Gasteiger partial charge in [-0.25, -0.2) is 0 Å². The lowest BCUT2D eigenvalue weighted by atomic mass is 10.1. The van der Waals surface area contributed by atoms with Crippen molar-refractivity contribution in [3.8, 4) is 0 Å². The molecule has 4 rings (SSSR count). The second kappa shape index (κ2) is 5.76. The number of furan rings is 1. The summed E-state index contributed by atoms with van der Waals surface area (Å²) >= 11 is 0. The molecule has 23 heavy (non-hydrogen) atoms. The zero-order valence-corrected chi connectivity index (χ0v) is 13.2. The molecule has 0 radical (unpaired) electrons. The summed E-state index contributed by atoms with van der Waals surface area (Å²) in [5.41, 5.74) is 1.10. The van der Waals surface area contributed by atoms with Gasteiger partial charge in [0.25, 0.3) is 0 Å². The first kappa shape index (κ1) is 14.9. The lowest BCUT2D eigenvalue weighted by Crippen LogP contribution is -2.33. The van der Waals surface area contributed by atoms with Crippen LogP contribution in [0, 0.1) is 0 Å². The second-order valence-corrected chi connectivity index (χ2v) is 6.30. The molecule has 122 valence electrons. The molecule has 2 aliphatic rings. The van der Waals surface area contributed by atoms with Crippen LogP contribution in [0.15, 0.2) is 53.1 Å². The van der Waals surface area contributed by atoms with Crippen LogP contribution in [0.1, 0.15) is 31.3 Å². The molecule has 5 heteroatoms. The van der Waals surface area contributed by atoms with Gasteiger partial charge in [0.15, 0.2) is 12.1 Å². The van der Waals surface area contributed by atoms with Gasteiger partial charge in [-0.1, -0.05) is 30.3 Å². The first-order chi connectivity index (χ1) is 11.1. The molecule has 0 unspecified atom stereocenters. The Labute approximate surface area is 135 Å². The molecule has 0 amide bonds. The summed E-state index contributed by atoms with van der Waals surface area (Å²) in [7, 11) is 0. The standard InChI is InChI=1S/C18H20O5/c1-18(2)22-16-15(20-11-12-7-4-3-5-8-12)14(21-17(16)23-18)13-9-6-10-19-13/h3-10,14-17H,11H2,1-2H3/t14-,15+,16-,17-/m1/s1. The number of hydrogen-bond donors (Lipinski definition) is 0. The Morgan fingerprint density at radius 2 is 1.87 bits per heavy atom. The Bertz CT molecular complexity index is 637. The summed E-state index contributed by atoms with van der Waals surface area (Å²) in [5.74, 6) is 0.0557. The van der Waals surface area contributed by atoms with E-state index >= 15 is 0 Å². The van der Waals surface area contributed by atoms with Crippen molar-refractivity contribution < 1.29 is 23.4 Å². The SMILES string of the molecule is CC1(C)O[C@H]2O[C@H](c3ccco3)[C@H](OCc3ccccc3)[C@H]2O1. The quantitative estimate of drug-likeness (QED) is 0.865. The summed E-state index contributed by atoms with van der Waals surface area (Å²) in [4.78, 5) is 0. The van der Waals surface area contributed by atoms with E-state index in [-0.39, 0.29) is 18.3 Å². The first-order valence-electron chi connectivity index (χ1n) is 7.82. The number of hydrogen-bond acceptors (Lipinski definition) is 5. The van der Waals surface area contributed by atoms with Crippen molar-refractivity contribution in [1.82, 2.24) is 0 Å². The van der Waals surface area contributed by atoms with E-state index in [9.17, 15) is 0 Å². The molecule has 2 aliphatic heterocycles. The van der Waals surface area contributed by atoms with E-state index in [1.165, 1.54) is 0 Å². The maximum atomic E-state index is 6.14. The van der Waals surface area contributed by atoms with Gasteiger partial charge in [-0.3, -0.25) is 0 Å². The lowest BCUT2D eigenvalue weighted by Gasteiger charge is -2.25. The average molecular weight is 316 g/mol. The van der Waals surface area contributed by atoms with Crippen molar-refractivity contribution in [3.63, 3.8) is 0 Å². The highest BCUT2D eigenvalue weighted by Crippen LogP contribution is 2.44. The van der Waals surface area contributed by atoms with Crippen LogP contribution in [-0.2, 0) is 25.6 Å². The highest BCUT2D eigenvalue weighted by molar-refractivity contribution is 5.14. The molecular formula is C18H20O5. The van der Waals surface area contributed by atoms with Crippen LogP contribution in [0.5, 0.6) is 0 Å². The molecule has 0 bridgehead atoms.